The van der Waals surface area contributed by atoms with E-state index in [1.54, 1.807) is 24.3 Å². The van der Waals surface area contributed by atoms with Crippen LogP contribution in [0.5, 0.6) is 5.75 Å². The Morgan fingerprint density at radius 2 is 1.76 bits per heavy atom. The fourth-order valence-corrected chi connectivity index (χ4v) is 5.06. The minimum atomic E-state index is -3.76. The highest BCUT2D eigenvalue weighted by atomic mass is 32.2. The van der Waals surface area contributed by atoms with Crippen LogP contribution >= 0.6 is 0 Å². The topological polar surface area (TPSA) is 134 Å². The Balaban J connectivity index is 1.33. The number of anilines is 1. The number of hydrazine groups is 1. The van der Waals surface area contributed by atoms with Crippen molar-refractivity contribution in [3.8, 4) is 5.75 Å². The molecule has 2 aromatic carbocycles. The summed E-state index contributed by atoms with van der Waals surface area (Å²) >= 11 is 0. The van der Waals surface area contributed by atoms with Crippen molar-refractivity contribution in [1.29, 1.82) is 0 Å². The Morgan fingerprint density at radius 1 is 1.00 bits per heavy atom. The fraction of sp³-hybridized carbons (Fsp3) is 0.318. The normalized spacial score (nSPS) is 16.4. The van der Waals surface area contributed by atoms with Gasteiger partial charge in [0.2, 0.25) is 15.9 Å². The molecule has 0 bridgehead atoms. The predicted molar refractivity (Wildman–Crippen MR) is 121 cm³/mol. The van der Waals surface area contributed by atoms with Crippen molar-refractivity contribution in [3.05, 3.63) is 54.1 Å². The second kappa shape index (κ2) is 10.2. The summed E-state index contributed by atoms with van der Waals surface area (Å²) < 4.78 is 37.5. The number of rotatable bonds is 6. The van der Waals surface area contributed by atoms with Crippen molar-refractivity contribution >= 4 is 33.4 Å². The molecule has 2 aliphatic heterocycles. The van der Waals surface area contributed by atoms with Gasteiger partial charge in [0.15, 0.2) is 6.61 Å². The van der Waals surface area contributed by atoms with E-state index in [-0.39, 0.29) is 49.0 Å². The molecular weight excluding hydrogens is 464 g/mol. The summed E-state index contributed by atoms with van der Waals surface area (Å²) in [5.74, 6) is -0.890. The van der Waals surface area contributed by atoms with Crippen LogP contribution in [0.1, 0.15) is 16.8 Å². The van der Waals surface area contributed by atoms with Gasteiger partial charge in [-0.2, -0.15) is 4.31 Å². The molecule has 2 N–H and O–H groups in total. The first-order chi connectivity index (χ1) is 16.4. The number of ether oxygens (including phenoxy) is 2. The van der Waals surface area contributed by atoms with Crippen LogP contribution in [-0.4, -0.2) is 69.9 Å². The van der Waals surface area contributed by atoms with Gasteiger partial charge in [0.25, 0.3) is 11.8 Å². The van der Waals surface area contributed by atoms with E-state index in [2.05, 4.69) is 10.9 Å². The number of nitrogens with one attached hydrogen (secondary N) is 2. The van der Waals surface area contributed by atoms with Crippen molar-refractivity contribution in [2.45, 2.75) is 11.3 Å². The molecular formula is C22H24N4O7S. The van der Waals surface area contributed by atoms with Crippen LogP contribution in [-0.2, 0) is 24.3 Å². The van der Waals surface area contributed by atoms with Gasteiger partial charge in [-0.25, -0.2) is 8.42 Å². The number of carbonyl (C=O) groups is 3. The number of benzene rings is 2. The van der Waals surface area contributed by atoms with E-state index < -0.39 is 21.8 Å². The molecule has 12 heteroatoms. The molecule has 0 atom stereocenters. The Hall–Kier alpha value is -3.48. The van der Waals surface area contributed by atoms with Crippen molar-refractivity contribution in [2.75, 3.05) is 44.4 Å². The lowest BCUT2D eigenvalue weighted by atomic mass is 10.2. The Kier molecular flexibility index (Phi) is 7.10. The van der Waals surface area contributed by atoms with Gasteiger partial charge in [0.1, 0.15) is 5.75 Å². The first kappa shape index (κ1) is 23.7. The lowest BCUT2D eigenvalue weighted by Gasteiger charge is -2.29. The van der Waals surface area contributed by atoms with Gasteiger partial charge in [-0.05, 0) is 30.3 Å². The zero-order chi connectivity index (χ0) is 24.1. The molecule has 0 spiro atoms. The quantitative estimate of drug-likeness (QED) is 0.558. The van der Waals surface area contributed by atoms with Crippen LogP contribution in [0.15, 0.2) is 53.4 Å². The molecule has 2 heterocycles. The molecule has 0 aliphatic carbocycles. The summed E-state index contributed by atoms with van der Waals surface area (Å²) in [6.45, 7) is 1.10. The molecule has 0 radical (unpaired) electrons. The van der Waals surface area contributed by atoms with Crippen molar-refractivity contribution in [2.24, 2.45) is 0 Å². The highest BCUT2D eigenvalue weighted by molar-refractivity contribution is 7.89. The van der Waals surface area contributed by atoms with E-state index in [0.717, 1.165) is 0 Å². The second-order valence-corrected chi connectivity index (χ2v) is 9.54. The Labute approximate surface area is 196 Å². The fourth-order valence-electron chi connectivity index (χ4n) is 3.61. The molecule has 4 rings (SSSR count). The third-order valence-corrected chi connectivity index (χ3v) is 7.28. The highest BCUT2D eigenvalue weighted by Crippen LogP contribution is 2.31. The number of para-hydroxylation sites is 2. The third-order valence-electron chi connectivity index (χ3n) is 5.39. The number of amides is 3. The van der Waals surface area contributed by atoms with Crippen LogP contribution in [0.4, 0.5) is 5.69 Å². The van der Waals surface area contributed by atoms with E-state index in [9.17, 15) is 22.8 Å². The molecule has 0 unspecified atom stereocenters. The number of hydrogen-bond acceptors (Lipinski definition) is 7. The third kappa shape index (κ3) is 5.19. The van der Waals surface area contributed by atoms with Gasteiger partial charge in [-0.15, -0.1) is 0 Å². The average Bonchev–Trinajstić information content (AvgIpc) is 2.87. The van der Waals surface area contributed by atoms with Gasteiger partial charge in [-0.3, -0.25) is 25.2 Å². The zero-order valence-corrected chi connectivity index (χ0v) is 19.0. The summed E-state index contributed by atoms with van der Waals surface area (Å²) in [4.78, 5) is 38.4. The monoisotopic (exact) mass is 488 g/mol. The number of morpholine rings is 1. The van der Waals surface area contributed by atoms with Crippen LogP contribution in [0.25, 0.3) is 0 Å². The summed E-state index contributed by atoms with van der Waals surface area (Å²) in [6.07, 6.45) is -0.0637. The summed E-state index contributed by atoms with van der Waals surface area (Å²) in [7, 11) is -3.76. The molecule has 2 aliphatic rings. The summed E-state index contributed by atoms with van der Waals surface area (Å²) in [5, 5.41) is 0. The SMILES string of the molecule is O=C(CCN1C(=O)COc2ccccc21)NNC(=O)c1cccc(S(=O)(=O)N2CCOCC2)c1. The average molecular weight is 489 g/mol. The molecule has 0 saturated carbocycles. The standard InChI is InChI=1S/C22H24N4O7S/c27-20(8-9-26-18-6-1-2-7-19(18)33-15-21(26)28)23-24-22(29)16-4-3-5-17(14-16)34(30,31)25-10-12-32-13-11-25/h1-7,14H,8-13,15H2,(H,23,27)(H,24,29). The lowest BCUT2D eigenvalue weighted by molar-refractivity contribution is -0.122. The summed E-state index contributed by atoms with van der Waals surface area (Å²) in [6, 6.07) is 12.6. The number of fused-ring (bicyclic) bond motifs is 1. The summed E-state index contributed by atoms with van der Waals surface area (Å²) in [5.41, 5.74) is 5.23. The van der Waals surface area contributed by atoms with Gasteiger partial charge in [0, 0.05) is 31.6 Å². The predicted octanol–water partition coefficient (Wildman–Crippen LogP) is 0.284. The van der Waals surface area contributed by atoms with E-state index in [0.29, 0.717) is 24.7 Å². The minimum Gasteiger partial charge on any atom is -0.482 e. The van der Waals surface area contributed by atoms with Crippen molar-refractivity contribution in [1.82, 2.24) is 15.2 Å². The Morgan fingerprint density at radius 3 is 2.56 bits per heavy atom. The Bertz CT molecular complexity index is 1200. The van der Waals surface area contributed by atoms with E-state index in [4.69, 9.17) is 9.47 Å². The molecule has 3 amide bonds. The first-order valence-corrected chi connectivity index (χ1v) is 12.1. The first-order valence-electron chi connectivity index (χ1n) is 10.7. The largest absolute Gasteiger partial charge is 0.482 e. The van der Waals surface area contributed by atoms with Crippen LogP contribution in [0.3, 0.4) is 0 Å². The van der Waals surface area contributed by atoms with Gasteiger partial charge in [0.05, 0.1) is 23.8 Å². The molecule has 1 saturated heterocycles. The molecule has 2 aromatic rings. The zero-order valence-electron chi connectivity index (χ0n) is 18.2. The maximum absolute atomic E-state index is 12.8. The van der Waals surface area contributed by atoms with Crippen molar-refractivity contribution in [3.63, 3.8) is 0 Å². The number of nitrogens with zero attached hydrogens (tertiary/aromatic N) is 2. The van der Waals surface area contributed by atoms with Gasteiger partial charge >= 0.3 is 0 Å². The lowest BCUT2D eigenvalue weighted by Crippen LogP contribution is -2.45. The second-order valence-electron chi connectivity index (χ2n) is 7.60. The van der Waals surface area contributed by atoms with Crippen LogP contribution in [0, 0.1) is 0 Å². The molecule has 0 aromatic heterocycles. The molecule has 180 valence electrons. The van der Waals surface area contributed by atoms with E-state index in [1.807, 2.05) is 0 Å². The highest BCUT2D eigenvalue weighted by Gasteiger charge is 2.27. The molecule has 34 heavy (non-hydrogen) atoms. The minimum absolute atomic E-state index is 0.0159. The van der Waals surface area contributed by atoms with Crippen LogP contribution in [0.2, 0.25) is 0 Å². The van der Waals surface area contributed by atoms with Crippen LogP contribution < -0.4 is 20.5 Å². The molecule has 11 nitrogen and oxygen atoms in total. The van der Waals surface area contributed by atoms with E-state index in [1.165, 1.54) is 33.5 Å². The number of hydrogen-bond donors (Lipinski definition) is 2. The van der Waals surface area contributed by atoms with Gasteiger partial charge < -0.3 is 14.4 Å². The van der Waals surface area contributed by atoms with E-state index >= 15 is 0 Å². The maximum atomic E-state index is 12.8. The number of sulfonamides is 1. The van der Waals surface area contributed by atoms with Crippen molar-refractivity contribution < 1.29 is 32.3 Å². The smallest absolute Gasteiger partial charge is 0.269 e. The molecule has 1 fully saturated rings. The number of carbonyl (C=O) groups excluding carboxylic acids is 3. The van der Waals surface area contributed by atoms with Gasteiger partial charge in [-0.1, -0.05) is 18.2 Å². The maximum Gasteiger partial charge on any atom is 0.269 e.